The monoisotopic (exact) mass is 269 g/mol. The summed E-state index contributed by atoms with van der Waals surface area (Å²) in [6.07, 6.45) is 4.96. The van der Waals surface area contributed by atoms with Crippen molar-refractivity contribution in [1.29, 1.82) is 0 Å². The molecule has 1 aliphatic heterocycles. The Balaban J connectivity index is 2.01. The number of amides is 2. The van der Waals surface area contributed by atoms with Gasteiger partial charge in [0.2, 0.25) is 5.91 Å². The van der Waals surface area contributed by atoms with Gasteiger partial charge in [-0.25, -0.2) is 4.79 Å². The predicted molar refractivity (Wildman–Crippen MR) is 73.6 cm³/mol. The summed E-state index contributed by atoms with van der Waals surface area (Å²) < 4.78 is 5.11. The molecule has 0 aromatic rings. The van der Waals surface area contributed by atoms with Crippen LogP contribution in [0.5, 0.6) is 0 Å². The molecule has 0 atom stereocenters. The lowest BCUT2D eigenvalue weighted by molar-refractivity contribution is -0.126. The maximum atomic E-state index is 11.7. The van der Waals surface area contributed by atoms with Crippen LogP contribution in [0, 0.1) is 6.42 Å². The third-order valence-electron chi connectivity index (χ3n) is 2.79. The third kappa shape index (κ3) is 7.03. The van der Waals surface area contributed by atoms with Crippen molar-refractivity contribution in [2.75, 3.05) is 19.6 Å². The minimum atomic E-state index is -0.470. The molecule has 1 saturated heterocycles. The second-order valence-electron chi connectivity index (χ2n) is 5.81. The zero-order valence-corrected chi connectivity index (χ0v) is 12.2. The number of carbonyl (C=O) groups is 2. The summed E-state index contributed by atoms with van der Waals surface area (Å²) in [5, 5.41) is 2.68. The van der Waals surface area contributed by atoms with Crippen LogP contribution in [0.2, 0.25) is 0 Å². The lowest BCUT2D eigenvalue weighted by atomic mass is 10.2. The van der Waals surface area contributed by atoms with E-state index in [9.17, 15) is 9.59 Å². The van der Waals surface area contributed by atoms with E-state index in [2.05, 4.69) is 5.32 Å². The summed E-state index contributed by atoms with van der Waals surface area (Å²) in [6.45, 7) is 7.77. The van der Waals surface area contributed by atoms with Crippen molar-refractivity contribution in [2.45, 2.75) is 52.1 Å². The van der Waals surface area contributed by atoms with Gasteiger partial charge in [-0.15, -0.1) is 0 Å². The first-order valence-corrected chi connectivity index (χ1v) is 6.97. The van der Waals surface area contributed by atoms with Gasteiger partial charge in [0.05, 0.1) is 0 Å². The van der Waals surface area contributed by atoms with Crippen molar-refractivity contribution in [2.24, 2.45) is 0 Å². The van der Waals surface area contributed by atoms with E-state index in [1.165, 1.54) is 0 Å². The Morgan fingerprint density at radius 2 is 1.89 bits per heavy atom. The van der Waals surface area contributed by atoms with Crippen molar-refractivity contribution < 1.29 is 14.3 Å². The van der Waals surface area contributed by atoms with Gasteiger partial charge in [-0.3, -0.25) is 4.79 Å². The number of hydrogen-bond donors (Lipinski definition) is 1. The van der Waals surface area contributed by atoms with Crippen LogP contribution in [0.1, 0.15) is 46.5 Å². The molecule has 1 N–H and O–H groups in total. The quantitative estimate of drug-likeness (QED) is 0.778. The first-order valence-electron chi connectivity index (χ1n) is 6.97. The molecule has 0 unspecified atom stereocenters. The number of nitrogens with one attached hydrogen (secondary N) is 1. The molecule has 1 fully saturated rings. The number of ether oxygens (including phenoxy) is 1. The Hall–Kier alpha value is -1.26. The summed E-state index contributed by atoms with van der Waals surface area (Å²) in [6, 6.07) is 0. The smallest absolute Gasteiger partial charge is 0.407 e. The first-order chi connectivity index (χ1) is 8.88. The number of unbranched alkanes of at least 4 members (excludes halogenated alkanes) is 1. The highest BCUT2D eigenvalue weighted by Crippen LogP contribution is 2.10. The Morgan fingerprint density at radius 1 is 1.26 bits per heavy atom. The number of carbonyl (C=O) groups excluding carboxylic acids is 2. The zero-order valence-electron chi connectivity index (χ0n) is 12.2. The zero-order chi connectivity index (χ0) is 14.3. The van der Waals surface area contributed by atoms with Crippen molar-refractivity contribution in [1.82, 2.24) is 10.2 Å². The van der Waals surface area contributed by atoms with Gasteiger partial charge in [-0.05, 0) is 46.5 Å². The summed E-state index contributed by atoms with van der Waals surface area (Å²) >= 11 is 0. The average molecular weight is 269 g/mol. The molecule has 1 radical (unpaired) electrons. The fraction of sp³-hybridized carbons (Fsp3) is 0.786. The maximum absolute atomic E-state index is 11.7. The second kappa shape index (κ2) is 7.36. The molecule has 0 saturated carbocycles. The van der Waals surface area contributed by atoms with E-state index in [0.29, 0.717) is 13.0 Å². The molecule has 2 amide bonds. The highest BCUT2D eigenvalue weighted by Gasteiger charge is 2.18. The molecule has 0 bridgehead atoms. The molecule has 0 aromatic heterocycles. The lowest BCUT2D eigenvalue weighted by Gasteiger charge is -2.19. The van der Waals surface area contributed by atoms with Crippen LogP contribution < -0.4 is 5.32 Å². The standard InChI is InChI=1S/C14H25N2O3/c1-14(2,3)19-13(18)15-9-5-4-8-12(17)16-10-6-7-11-16/h8H,4-7,9-11H2,1-3H3,(H,15,18). The van der Waals surface area contributed by atoms with E-state index in [1.807, 2.05) is 25.7 Å². The molecule has 5 heteroatoms. The summed E-state index contributed by atoms with van der Waals surface area (Å²) in [5.74, 6) is 0.120. The Bertz CT molecular complexity index is 304. The minimum absolute atomic E-state index is 0.120. The number of alkyl carbamates (subject to hydrolysis) is 1. The van der Waals surface area contributed by atoms with Crippen molar-refractivity contribution in [3.05, 3.63) is 6.42 Å². The molecular weight excluding hydrogens is 244 g/mol. The van der Waals surface area contributed by atoms with E-state index >= 15 is 0 Å². The van der Waals surface area contributed by atoms with Gasteiger partial charge in [0.15, 0.2) is 0 Å². The maximum Gasteiger partial charge on any atom is 0.407 e. The highest BCUT2D eigenvalue weighted by atomic mass is 16.6. The van der Waals surface area contributed by atoms with E-state index in [0.717, 1.165) is 32.4 Å². The van der Waals surface area contributed by atoms with Crippen LogP contribution in [-0.2, 0) is 9.53 Å². The Morgan fingerprint density at radius 3 is 2.47 bits per heavy atom. The Labute approximate surface area is 115 Å². The van der Waals surface area contributed by atoms with E-state index in [-0.39, 0.29) is 5.91 Å². The summed E-state index contributed by atoms with van der Waals surface area (Å²) in [4.78, 5) is 24.9. The molecule has 0 aromatic carbocycles. The number of rotatable bonds is 5. The van der Waals surface area contributed by atoms with E-state index in [1.54, 1.807) is 6.42 Å². The SMILES string of the molecule is CC(C)(C)OC(=O)NCCC[CH]C(=O)N1CCCC1. The normalized spacial score (nSPS) is 15.4. The molecule has 0 aliphatic carbocycles. The van der Waals surface area contributed by atoms with Gasteiger partial charge in [0, 0.05) is 26.1 Å². The van der Waals surface area contributed by atoms with Crippen LogP contribution >= 0.6 is 0 Å². The molecule has 1 aliphatic rings. The molecule has 109 valence electrons. The van der Waals surface area contributed by atoms with Crippen LogP contribution in [-0.4, -0.2) is 42.1 Å². The van der Waals surface area contributed by atoms with Gasteiger partial charge in [0.25, 0.3) is 0 Å². The van der Waals surface area contributed by atoms with Gasteiger partial charge in [-0.2, -0.15) is 0 Å². The number of likely N-dealkylation sites (tertiary alicyclic amines) is 1. The van der Waals surface area contributed by atoms with Crippen LogP contribution in [0.3, 0.4) is 0 Å². The van der Waals surface area contributed by atoms with Gasteiger partial charge >= 0.3 is 6.09 Å². The molecule has 0 spiro atoms. The number of hydrogen-bond acceptors (Lipinski definition) is 3. The number of nitrogens with zero attached hydrogens (tertiary/aromatic N) is 1. The van der Waals surface area contributed by atoms with Crippen LogP contribution in [0.15, 0.2) is 0 Å². The fourth-order valence-corrected chi connectivity index (χ4v) is 1.90. The molecule has 1 heterocycles. The molecular formula is C14H25N2O3. The predicted octanol–water partition coefficient (Wildman–Crippen LogP) is 2.12. The van der Waals surface area contributed by atoms with E-state index in [4.69, 9.17) is 4.74 Å². The largest absolute Gasteiger partial charge is 0.444 e. The second-order valence-corrected chi connectivity index (χ2v) is 5.81. The van der Waals surface area contributed by atoms with Crippen molar-refractivity contribution >= 4 is 12.0 Å². The van der Waals surface area contributed by atoms with Gasteiger partial charge in [-0.1, -0.05) is 0 Å². The van der Waals surface area contributed by atoms with Crippen LogP contribution in [0.25, 0.3) is 0 Å². The minimum Gasteiger partial charge on any atom is -0.444 e. The molecule has 5 nitrogen and oxygen atoms in total. The molecule has 19 heavy (non-hydrogen) atoms. The highest BCUT2D eigenvalue weighted by molar-refractivity contribution is 5.84. The van der Waals surface area contributed by atoms with Crippen molar-refractivity contribution in [3.63, 3.8) is 0 Å². The van der Waals surface area contributed by atoms with Gasteiger partial charge < -0.3 is 15.0 Å². The summed E-state index contributed by atoms with van der Waals surface area (Å²) in [7, 11) is 0. The topological polar surface area (TPSA) is 58.6 Å². The van der Waals surface area contributed by atoms with E-state index < -0.39 is 11.7 Å². The molecule has 1 rings (SSSR count). The van der Waals surface area contributed by atoms with Gasteiger partial charge in [0.1, 0.15) is 5.60 Å². The third-order valence-corrected chi connectivity index (χ3v) is 2.79. The Kier molecular flexibility index (Phi) is 6.12. The lowest BCUT2D eigenvalue weighted by Crippen LogP contribution is -2.33. The fourth-order valence-electron chi connectivity index (χ4n) is 1.90. The first kappa shape index (κ1) is 15.8. The van der Waals surface area contributed by atoms with Crippen molar-refractivity contribution in [3.8, 4) is 0 Å². The average Bonchev–Trinajstić information content (AvgIpc) is 2.79. The van der Waals surface area contributed by atoms with Crippen LogP contribution in [0.4, 0.5) is 4.79 Å². The summed E-state index contributed by atoms with van der Waals surface area (Å²) in [5.41, 5.74) is -0.470.